The zero-order chi connectivity index (χ0) is 23.5. The summed E-state index contributed by atoms with van der Waals surface area (Å²) in [6.45, 7) is 0. The van der Waals surface area contributed by atoms with Crippen LogP contribution in [0.15, 0.2) is 91.0 Å². The summed E-state index contributed by atoms with van der Waals surface area (Å²) in [5.41, 5.74) is 9.82. The van der Waals surface area contributed by atoms with Crippen LogP contribution in [0, 0.1) is 0 Å². The number of carbonyl (C=O) groups is 2. The number of anilines is 2. The lowest BCUT2D eigenvalue weighted by molar-refractivity contribution is -0.115. The first kappa shape index (κ1) is 21.5. The van der Waals surface area contributed by atoms with Crippen molar-refractivity contribution in [1.82, 2.24) is 5.32 Å². The van der Waals surface area contributed by atoms with Crippen molar-refractivity contribution in [2.24, 2.45) is 0 Å². The Bertz CT molecular complexity index is 1400. The first-order valence-electron chi connectivity index (χ1n) is 11.3. The lowest BCUT2D eigenvalue weighted by Crippen LogP contribution is -2.26. The van der Waals surface area contributed by atoms with Crippen molar-refractivity contribution in [2.75, 3.05) is 11.1 Å². The van der Waals surface area contributed by atoms with Crippen molar-refractivity contribution < 1.29 is 9.59 Å². The molecule has 0 unspecified atom stereocenters. The molecule has 1 aliphatic carbocycles. The van der Waals surface area contributed by atoms with Gasteiger partial charge in [-0.05, 0) is 71.1 Å². The van der Waals surface area contributed by atoms with Gasteiger partial charge in [-0.3, -0.25) is 9.59 Å². The van der Waals surface area contributed by atoms with Crippen LogP contribution in [0.25, 0.3) is 22.4 Å². The van der Waals surface area contributed by atoms with Crippen LogP contribution in [0.5, 0.6) is 0 Å². The summed E-state index contributed by atoms with van der Waals surface area (Å²) in [5, 5.41) is 8.14. The highest BCUT2D eigenvalue weighted by Gasteiger charge is 2.25. The number of carbonyl (C=O) groups excluding carboxylic acids is 2. The summed E-state index contributed by atoms with van der Waals surface area (Å²) in [6, 6.07) is 28.7. The molecule has 0 saturated heterocycles. The van der Waals surface area contributed by atoms with Crippen LogP contribution in [0.2, 0.25) is 0 Å². The van der Waals surface area contributed by atoms with Gasteiger partial charge >= 0.3 is 0 Å². The van der Waals surface area contributed by atoms with Crippen molar-refractivity contribution in [2.45, 2.75) is 18.9 Å². The number of fused-ring (bicyclic) bond motifs is 1. The fourth-order valence-corrected chi connectivity index (χ4v) is 3.83. The molecule has 0 aromatic heterocycles. The maximum atomic E-state index is 13.1. The fraction of sp³-hybridized carbons (Fsp3) is 0.103. The van der Waals surface area contributed by atoms with Gasteiger partial charge in [-0.25, -0.2) is 0 Å². The van der Waals surface area contributed by atoms with Crippen LogP contribution in [0.3, 0.4) is 0 Å². The molecule has 0 aliphatic heterocycles. The Labute approximate surface area is 198 Å². The Kier molecular flexibility index (Phi) is 5.83. The second-order valence-corrected chi connectivity index (χ2v) is 8.53. The van der Waals surface area contributed by atoms with Crippen molar-refractivity contribution in [3.8, 4) is 0 Å². The number of benzene rings is 4. The van der Waals surface area contributed by atoms with Crippen LogP contribution < -0.4 is 16.4 Å². The number of hydrogen-bond donors (Lipinski definition) is 3. The topological polar surface area (TPSA) is 84.2 Å². The van der Waals surface area contributed by atoms with Crippen LogP contribution >= 0.6 is 0 Å². The first-order valence-corrected chi connectivity index (χ1v) is 11.3. The first-order chi connectivity index (χ1) is 16.6. The molecule has 1 aliphatic rings. The molecule has 4 aromatic carbocycles. The molecule has 168 valence electrons. The molecule has 34 heavy (non-hydrogen) atoms. The number of nitrogens with one attached hydrogen (secondary N) is 2. The maximum absolute atomic E-state index is 13.1. The Morgan fingerprint density at radius 3 is 2.21 bits per heavy atom. The zero-order valence-corrected chi connectivity index (χ0v) is 18.6. The number of rotatable bonds is 6. The van der Waals surface area contributed by atoms with E-state index >= 15 is 0 Å². The molecule has 1 saturated carbocycles. The molecule has 5 nitrogen and oxygen atoms in total. The molecule has 4 aromatic rings. The van der Waals surface area contributed by atoms with Gasteiger partial charge in [-0.1, -0.05) is 60.7 Å². The fourth-order valence-electron chi connectivity index (χ4n) is 3.83. The molecule has 0 atom stereocenters. The zero-order valence-electron chi connectivity index (χ0n) is 18.6. The molecule has 5 rings (SSSR count). The number of para-hydroxylation sites is 2. The van der Waals surface area contributed by atoms with Gasteiger partial charge in [0.1, 0.15) is 0 Å². The van der Waals surface area contributed by atoms with Crippen LogP contribution in [-0.2, 0) is 4.79 Å². The van der Waals surface area contributed by atoms with Gasteiger partial charge < -0.3 is 16.4 Å². The highest BCUT2D eigenvalue weighted by Crippen LogP contribution is 2.26. The van der Waals surface area contributed by atoms with E-state index in [2.05, 4.69) is 16.7 Å². The van der Waals surface area contributed by atoms with E-state index in [0.717, 1.165) is 34.7 Å². The third-order valence-electron chi connectivity index (χ3n) is 5.91. The lowest BCUT2D eigenvalue weighted by atomic mass is 9.98. The predicted molar refractivity (Wildman–Crippen MR) is 138 cm³/mol. The summed E-state index contributed by atoms with van der Waals surface area (Å²) >= 11 is 0. The van der Waals surface area contributed by atoms with Gasteiger partial charge in [-0.15, -0.1) is 0 Å². The summed E-state index contributed by atoms with van der Waals surface area (Å²) in [4.78, 5) is 25.7. The van der Waals surface area contributed by atoms with Crippen LogP contribution in [0.4, 0.5) is 11.4 Å². The molecule has 4 N–H and O–H groups in total. The summed E-state index contributed by atoms with van der Waals surface area (Å²) in [7, 11) is 0. The van der Waals surface area contributed by atoms with E-state index in [4.69, 9.17) is 5.73 Å². The van der Waals surface area contributed by atoms with Gasteiger partial charge in [0, 0.05) is 17.2 Å². The largest absolute Gasteiger partial charge is 0.397 e. The van der Waals surface area contributed by atoms with Crippen LogP contribution in [-0.4, -0.2) is 17.9 Å². The number of hydrogen-bond acceptors (Lipinski definition) is 3. The maximum Gasteiger partial charge on any atom is 0.255 e. The monoisotopic (exact) mass is 447 g/mol. The second-order valence-electron chi connectivity index (χ2n) is 8.53. The Hall–Kier alpha value is -4.38. The molecule has 5 heteroatoms. The molecule has 0 radical (unpaired) electrons. The molecule has 0 heterocycles. The van der Waals surface area contributed by atoms with E-state index in [-0.39, 0.29) is 17.9 Å². The van der Waals surface area contributed by atoms with E-state index in [1.54, 1.807) is 24.3 Å². The van der Waals surface area contributed by atoms with Crippen molar-refractivity contribution in [3.05, 3.63) is 108 Å². The smallest absolute Gasteiger partial charge is 0.255 e. The lowest BCUT2D eigenvalue weighted by Gasteiger charge is -2.11. The minimum absolute atomic E-state index is 0.0841. The summed E-state index contributed by atoms with van der Waals surface area (Å²) < 4.78 is 0. The summed E-state index contributed by atoms with van der Waals surface area (Å²) in [5.74, 6) is -0.325. The van der Waals surface area contributed by atoms with Gasteiger partial charge in [0.25, 0.3) is 11.8 Å². The van der Waals surface area contributed by atoms with Gasteiger partial charge in [0.2, 0.25) is 0 Å². The molecular weight excluding hydrogens is 422 g/mol. The Morgan fingerprint density at radius 1 is 0.794 bits per heavy atom. The number of nitrogen functional groups attached to an aromatic ring is 1. The minimum atomic E-state index is -0.241. The highest BCUT2D eigenvalue weighted by molar-refractivity contribution is 6.24. The average Bonchev–Trinajstić information content (AvgIpc) is 3.68. The third-order valence-corrected chi connectivity index (χ3v) is 5.91. The van der Waals surface area contributed by atoms with Crippen molar-refractivity contribution in [3.63, 3.8) is 0 Å². The Balaban J connectivity index is 1.42. The van der Waals surface area contributed by atoms with E-state index < -0.39 is 0 Å². The standard InChI is InChI=1S/C29H25N3O2/c30-26-7-3-4-8-27(26)32-28(33)21-11-9-19(10-12-21)17-25(29(34)31-24-15-16-24)23-14-13-20-5-1-2-6-22(20)18-23/h1-14,17-18,24H,15-16,30H2,(H,31,34)(H,32,33)/b25-17-. The molecule has 0 bridgehead atoms. The normalized spacial score (nSPS) is 13.5. The van der Waals surface area contributed by atoms with Gasteiger partial charge in [0.05, 0.1) is 11.4 Å². The third kappa shape index (κ3) is 4.84. The quantitative estimate of drug-likeness (QED) is 0.207. The van der Waals surface area contributed by atoms with Gasteiger partial charge in [-0.2, -0.15) is 0 Å². The minimum Gasteiger partial charge on any atom is -0.397 e. The average molecular weight is 448 g/mol. The number of nitrogens with two attached hydrogens (primary N) is 1. The Morgan fingerprint density at radius 2 is 1.47 bits per heavy atom. The van der Waals surface area contributed by atoms with Crippen molar-refractivity contribution >= 4 is 45.6 Å². The van der Waals surface area contributed by atoms with Crippen molar-refractivity contribution in [1.29, 1.82) is 0 Å². The van der Waals surface area contributed by atoms with Crippen LogP contribution in [0.1, 0.15) is 34.3 Å². The molecule has 2 amide bonds. The van der Waals surface area contributed by atoms with E-state index in [1.165, 1.54) is 0 Å². The van der Waals surface area contributed by atoms with Gasteiger partial charge in [0.15, 0.2) is 0 Å². The second kappa shape index (κ2) is 9.24. The highest BCUT2D eigenvalue weighted by atomic mass is 16.2. The van der Waals surface area contributed by atoms with E-state index in [9.17, 15) is 9.59 Å². The van der Waals surface area contributed by atoms with E-state index in [1.807, 2.05) is 66.7 Å². The predicted octanol–water partition coefficient (Wildman–Crippen LogP) is 5.49. The SMILES string of the molecule is Nc1ccccc1NC(=O)c1ccc(/C=C(\C(=O)NC2CC2)c2ccc3ccccc3c2)cc1. The summed E-state index contributed by atoms with van der Waals surface area (Å²) in [6.07, 6.45) is 3.91. The molecule has 1 fully saturated rings. The molecular formula is C29H25N3O2. The van der Waals surface area contributed by atoms with E-state index in [0.29, 0.717) is 22.5 Å². The molecule has 0 spiro atoms. The number of amides is 2.